The molecule has 3 aromatic carbocycles. The second-order valence-corrected chi connectivity index (χ2v) is 21.7. The number of aromatic nitrogens is 5. The van der Waals surface area contributed by atoms with Crippen molar-refractivity contribution in [3.63, 3.8) is 0 Å². The molecular formula is C56H67N11O5S. The predicted octanol–water partition coefficient (Wildman–Crippen LogP) is 7.97. The zero-order chi connectivity index (χ0) is 51.4. The standard InChI is InChI=1S/C56H67N11O5S/c1-7-57-51-46(27-45(63-64-51)44-10-8-9-11-48(44)69)66-25-24-65(31-34(66)2)55-59-29-42(30-60-55)39-18-16-37(17-19-39)38-20-22-41(23-21-38)52(70)62-50(56(4,5)6)54(72)67-32-43(68)26-47(67)53(71)58-28-36-12-14-40(15-13-36)49-35(3)61-33-73-49/h8-19,27,29-30,33-34,38,41,43,47,50,68-69H,7,20-26,28,31-32H2,1-6H3,(H,57,64)(H,58,71)(H,62,70)/t34-,38-,41+,43+,47-,50+/m0/s1. The lowest BCUT2D eigenvalue weighted by Gasteiger charge is -2.41. The SMILES string of the molecule is CCNc1nnc(-c2ccccc2O)cc1N1CCN(c2ncc(-c3ccc([C@H]4CC[C@@H](C(=O)N[C@H](C(=O)N5C[C@H](O)C[C@H]5C(=O)NCc5ccc(-c6scnc6C)cc5)C(C)(C)C)CC4)cc3)cn2)C[C@@H]1C. The molecule has 9 rings (SSSR count). The number of carbonyl (C=O) groups excluding carboxylic acids is 3. The summed E-state index contributed by atoms with van der Waals surface area (Å²) >= 11 is 1.59. The number of benzene rings is 3. The maximum absolute atomic E-state index is 14.3. The van der Waals surface area contributed by atoms with Crippen LogP contribution < -0.4 is 25.8 Å². The Morgan fingerprint density at radius 3 is 2.22 bits per heavy atom. The molecule has 0 spiro atoms. The summed E-state index contributed by atoms with van der Waals surface area (Å²) in [6, 6.07) is 24.1. The van der Waals surface area contributed by atoms with Crippen LogP contribution >= 0.6 is 11.3 Å². The molecule has 2 saturated heterocycles. The Balaban J connectivity index is 0.764. The van der Waals surface area contributed by atoms with Gasteiger partial charge in [-0.05, 0) is 98.2 Å². The van der Waals surface area contributed by atoms with Crippen LogP contribution in [-0.4, -0.2) is 115 Å². The maximum Gasteiger partial charge on any atom is 0.246 e. The van der Waals surface area contributed by atoms with Crippen LogP contribution in [0.1, 0.15) is 89.5 Å². The number of para-hydroxylation sites is 1. The lowest BCUT2D eigenvalue weighted by molar-refractivity contribution is -0.144. The van der Waals surface area contributed by atoms with E-state index >= 15 is 0 Å². The fourth-order valence-corrected chi connectivity index (χ4v) is 11.3. The molecule has 382 valence electrons. The Morgan fingerprint density at radius 2 is 1.56 bits per heavy atom. The predicted molar refractivity (Wildman–Crippen MR) is 286 cm³/mol. The monoisotopic (exact) mass is 1010 g/mol. The molecule has 6 aromatic rings. The number of anilines is 3. The first-order chi connectivity index (χ1) is 35.1. The van der Waals surface area contributed by atoms with E-state index in [1.165, 1.54) is 10.5 Å². The van der Waals surface area contributed by atoms with E-state index in [1.54, 1.807) is 23.5 Å². The summed E-state index contributed by atoms with van der Waals surface area (Å²) < 4.78 is 0. The Bertz CT molecular complexity index is 2880. The van der Waals surface area contributed by atoms with Crippen molar-refractivity contribution in [1.29, 1.82) is 0 Å². The summed E-state index contributed by atoms with van der Waals surface area (Å²) in [6.45, 7) is 15.1. The van der Waals surface area contributed by atoms with E-state index in [2.05, 4.69) is 72.1 Å². The molecule has 0 unspecified atom stereocenters. The van der Waals surface area contributed by atoms with Gasteiger partial charge >= 0.3 is 0 Å². The van der Waals surface area contributed by atoms with Gasteiger partial charge in [-0.3, -0.25) is 14.4 Å². The third-order valence-electron chi connectivity index (χ3n) is 14.7. The van der Waals surface area contributed by atoms with Crippen molar-refractivity contribution in [2.24, 2.45) is 11.3 Å². The number of aromatic hydroxyl groups is 1. The molecular weight excluding hydrogens is 939 g/mol. The van der Waals surface area contributed by atoms with Gasteiger partial charge in [-0.15, -0.1) is 21.5 Å². The van der Waals surface area contributed by atoms with Gasteiger partial charge in [-0.1, -0.05) is 81.4 Å². The van der Waals surface area contributed by atoms with Gasteiger partial charge in [-0.25, -0.2) is 15.0 Å². The molecule has 5 heterocycles. The van der Waals surface area contributed by atoms with E-state index in [9.17, 15) is 24.6 Å². The minimum Gasteiger partial charge on any atom is -0.507 e. The van der Waals surface area contributed by atoms with Crippen molar-refractivity contribution in [1.82, 2.24) is 40.7 Å². The molecule has 2 aliphatic heterocycles. The molecule has 3 amide bonds. The highest BCUT2D eigenvalue weighted by Gasteiger charge is 2.45. The van der Waals surface area contributed by atoms with Gasteiger partial charge in [0.15, 0.2) is 5.82 Å². The molecule has 0 bridgehead atoms. The lowest BCUT2D eigenvalue weighted by Crippen LogP contribution is -2.58. The van der Waals surface area contributed by atoms with Crippen molar-refractivity contribution in [3.05, 3.63) is 114 Å². The molecule has 4 atom stereocenters. The van der Waals surface area contributed by atoms with Crippen LogP contribution in [0.15, 0.2) is 96.8 Å². The topological polar surface area (TPSA) is 202 Å². The van der Waals surface area contributed by atoms with Crippen molar-refractivity contribution in [2.75, 3.05) is 47.8 Å². The third-order valence-corrected chi connectivity index (χ3v) is 15.6. The van der Waals surface area contributed by atoms with Gasteiger partial charge in [0.25, 0.3) is 0 Å². The number of phenolic OH excluding ortho intramolecular Hbond substituents is 1. The molecule has 3 aromatic heterocycles. The van der Waals surface area contributed by atoms with Crippen LogP contribution in [-0.2, 0) is 20.9 Å². The van der Waals surface area contributed by atoms with Crippen LogP contribution in [0.25, 0.3) is 32.8 Å². The molecule has 17 heteroatoms. The Kier molecular flexibility index (Phi) is 15.4. The summed E-state index contributed by atoms with van der Waals surface area (Å²) in [5.41, 5.74) is 9.51. The van der Waals surface area contributed by atoms with Crippen molar-refractivity contribution >= 4 is 46.5 Å². The Morgan fingerprint density at radius 1 is 0.849 bits per heavy atom. The van der Waals surface area contributed by atoms with Gasteiger partial charge in [0, 0.05) is 81.2 Å². The van der Waals surface area contributed by atoms with Gasteiger partial charge in [0.1, 0.15) is 17.8 Å². The summed E-state index contributed by atoms with van der Waals surface area (Å²) in [7, 11) is 0. The van der Waals surface area contributed by atoms with Gasteiger partial charge < -0.3 is 40.9 Å². The second-order valence-electron chi connectivity index (χ2n) is 20.8. The number of phenols is 1. The Labute approximate surface area is 431 Å². The molecule has 3 aliphatic rings. The number of hydrogen-bond acceptors (Lipinski definition) is 14. The third kappa shape index (κ3) is 11.5. The molecule has 16 nitrogen and oxygen atoms in total. The van der Waals surface area contributed by atoms with E-state index in [4.69, 9.17) is 9.97 Å². The minimum atomic E-state index is -0.876. The maximum atomic E-state index is 14.3. The van der Waals surface area contributed by atoms with E-state index in [-0.39, 0.29) is 54.9 Å². The van der Waals surface area contributed by atoms with E-state index in [0.717, 1.165) is 57.9 Å². The van der Waals surface area contributed by atoms with E-state index < -0.39 is 23.6 Å². The van der Waals surface area contributed by atoms with Gasteiger partial charge in [0.05, 0.1) is 33.6 Å². The van der Waals surface area contributed by atoms with Crippen LogP contribution in [0.4, 0.5) is 17.5 Å². The molecule has 3 fully saturated rings. The number of aliphatic hydroxyl groups excluding tert-OH is 1. The number of piperazine rings is 1. The van der Waals surface area contributed by atoms with Gasteiger partial charge in [0.2, 0.25) is 23.7 Å². The lowest BCUT2D eigenvalue weighted by atomic mass is 9.77. The van der Waals surface area contributed by atoms with Crippen LogP contribution in [0.5, 0.6) is 5.75 Å². The van der Waals surface area contributed by atoms with E-state index in [1.807, 2.05) is 95.0 Å². The number of aliphatic hydroxyl groups is 1. The largest absolute Gasteiger partial charge is 0.507 e. The molecule has 1 aliphatic carbocycles. The highest BCUT2D eigenvalue weighted by molar-refractivity contribution is 7.13. The zero-order valence-corrected chi connectivity index (χ0v) is 43.4. The highest BCUT2D eigenvalue weighted by atomic mass is 32.1. The molecule has 73 heavy (non-hydrogen) atoms. The summed E-state index contributed by atoms with van der Waals surface area (Å²) in [6.07, 6.45) is 6.13. The highest BCUT2D eigenvalue weighted by Crippen LogP contribution is 2.38. The normalized spacial score (nSPS) is 20.6. The minimum absolute atomic E-state index is 0.0256. The molecule has 1 saturated carbocycles. The second kappa shape index (κ2) is 22.0. The van der Waals surface area contributed by atoms with E-state index in [0.29, 0.717) is 61.4 Å². The smallest absolute Gasteiger partial charge is 0.246 e. The number of likely N-dealkylation sites (tertiary alicyclic amines) is 1. The summed E-state index contributed by atoms with van der Waals surface area (Å²) in [5, 5.41) is 39.6. The fraction of sp³-hybridized carbons (Fsp3) is 0.429. The average Bonchev–Trinajstić information content (AvgIpc) is 4.02. The van der Waals surface area contributed by atoms with Gasteiger partial charge in [-0.2, -0.15) is 0 Å². The average molecular weight is 1010 g/mol. The Hall–Kier alpha value is -6.98. The number of carbonyl (C=O) groups is 3. The number of amides is 3. The molecule has 0 radical (unpaired) electrons. The first kappa shape index (κ1) is 50.9. The quantitative estimate of drug-likeness (QED) is 0.0704. The fourth-order valence-electron chi connectivity index (χ4n) is 10.5. The number of nitrogens with one attached hydrogen (secondary N) is 3. The van der Waals surface area contributed by atoms with Crippen LogP contribution in [0, 0.1) is 18.3 Å². The first-order valence-corrected chi connectivity index (χ1v) is 26.4. The summed E-state index contributed by atoms with van der Waals surface area (Å²) in [5.74, 6) is 0.775. The number of aryl methyl sites for hydroxylation is 1. The number of β-amino-alcohol motifs (C(OH)–C–C–N with tert-alkyl or cyclic N) is 1. The number of hydrogen-bond donors (Lipinski definition) is 5. The summed E-state index contributed by atoms with van der Waals surface area (Å²) in [4.78, 5) is 62.9. The van der Waals surface area contributed by atoms with Crippen LogP contribution in [0.2, 0.25) is 0 Å². The van der Waals surface area contributed by atoms with Crippen LogP contribution in [0.3, 0.4) is 0 Å². The number of thiazole rings is 1. The number of rotatable bonds is 14. The van der Waals surface area contributed by atoms with Crippen molar-refractivity contribution in [2.45, 2.75) is 110 Å². The van der Waals surface area contributed by atoms with Crippen molar-refractivity contribution < 1.29 is 24.6 Å². The molecule has 5 N–H and O–H groups in total. The zero-order valence-electron chi connectivity index (χ0n) is 42.6. The first-order valence-electron chi connectivity index (χ1n) is 25.5. The van der Waals surface area contributed by atoms with Crippen molar-refractivity contribution in [3.8, 4) is 38.6 Å². The number of nitrogens with zero attached hydrogens (tertiary/aromatic N) is 8.